The second-order valence-corrected chi connectivity index (χ2v) is 6.22. The van der Waals surface area contributed by atoms with E-state index >= 15 is 0 Å². The second kappa shape index (κ2) is 7.82. The Balaban J connectivity index is 2.16. The average Bonchev–Trinajstić information content (AvgIpc) is 2.73. The summed E-state index contributed by atoms with van der Waals surface area (Å²) in [5.74, 6) is -0.662. The Labute approximate surface area is 166 Å². The van der Waals surface area contributed by atoms with Crippen molar-refractivity contribution < 1.29 is 19.2 Å². The summed E-state index contributed by atoms with van der Waals surface area (Å²) < 4.78 is 4.90. The zero-order valence-corrected chi connectivity index (χ0v) is 15.6. The number of non-ortho nitro benzene ring substituents is 1. The van der Waals surface area contributed by atoms with E-state index in [-0.39, 0.29) is 22.6 Å². The van der Waals surface area contributed by atoms with Gasteiger partial charge in [0.25, 0.3) is 5.69 Å². The molecule has 0 saturated heterocycles. The number of amides is 2. The lowest BCUT2D eigenvalue weighted by Crippen LogP contribution is -2.48. The summed E-state index contributed by atoms with van der Waals surface area (Å²) in [7, 11) is 1.22. The molecule has 9 heteroatoms. The Hall–Kier alpha value is -4.19. The molecule has 0 unspecified atom stereocenters. The molecule has 9 nitrogen and oxygen atoms in total. The van der Waals surface area contributed by atoms with Crippen LogP contribution in [-0.2, 0) is 9.53 Å². The third-order valence-corrected chi connectivity index (χ3v) is 4.54. The van der Waals surface area contributed by atoms with Gasteiger partial charge in [0.2, 0.25) is 0 Å². The highest BCUT2D eigenvalue weighted by Crippen LogP contribution is 2.35. The Bertz CT molecular complexity index is 1090. The van der Waals surface area contributed by atoms with Crippen LogP contribution in [0.4, 0.5) is 16.2 Å². The quantitative estimate of drug-likeness (QED) is 0.484. The summed E-state index contributed by atoms with van der Waals surface area (Å²) in [6, 6.07) is 12.7. The molecule has 0 radical (unpaired) electrons. The third kappa shape index (κ3) is 3.64. The molecule has 0 saturated carbocycles. The zero-order valence-electron chi connectivity index (χ0n) is 15.6. The first kappa shape index (κ1) is 19.6. The van der Waals surface area contributed by atoms with Crippen molar-refractivity contribution in [3.05, 3.63) is 81.0 Å². The van der Waals surface area contributed by atoms with Gasteiger partial charge in [0, 0.05) is 17.8 Å². The van der Waals surface area contributed by atoms with E-state index in [1.54, 1.807) is 31.2 Å². The molecule has 0 bridgehead atoms. The van der Waals surface area contributed by atoms with Gasteiger partial charge in [-0.05, 0) is 30.7 Å². The van der Waals surface area contributed by atoms with Crippen molar-refractivity contribution in [3.8, 4) is 6.07 Å². The molecule has 146 valence electrons. The number of nitro groups is 1. The summed E-state index contributed by atoms with van der Waals surface area (Å²) in [6.07, 6.45) is 0. The predicted octanol–water partition coefficient (Wildman–Crippen LogP) is 3.18. The van der Waals surface area contributed by atoms with Crippen LogP contribution in [0.2, 0.25) is 0 Å². The maximum atomic E-state index is 12.9. The van der Waals surface area contributed by atoms with E-state index in [0.29, 0.717) is 11.1 Å². The number of benzene rings is 2. The highest BCUT2D eigenvalue weighted by Gasteiger charge is 2.37. The predicted molar refractivity (Wildman–Crippen MR) is 103 cm³/mol. The van der Waals surface area contributed by atoms with E-state index in [0.717, 1.165) is 0 Å². The number of ether oxygens (including phenoxy) is 1. The number of nitro benzene ring substituents is 1. The first-order valence-electron chi connectivity index (χ1n) is 8.51. The second-order valence-electron chi connectivity index (χ2n) is 6.22. The Morgan fingerprint density at radius 1 is 1.28 bits per heavy atom. The molecule has 2 aromatic rings. The normalized spacial score (nSPS) is 16.1. The van der Waals surface area contributed by atoms with Gasteiger partial charge in [0.15, 0.2) is 0 Å². The molecular formula is C20H16N4O5. The maximum Gasteiger partial charge on any atom is 0.337 e. The van der Waals surface area contributed by atoms with E-state index in [1.807, 2.05) is 6.07 Å². The van der Waals surface area contributed by atoms with Gasteiger partial charge in [-0.3, -0.25) is 15.0 Å². The van der Waals surface area contributed by atoms with Crippen molar-refractivity contribution in [3.63, 3.8) is 0 Å². The molecule has 3 rings (SSSR count). The average molecular weight is 392 g/mol. The fraction of sp³-hybridized carbons (Fsp3) is 0.150. The highest BCUT2D eigenvalue weighted by molar-refractivity contribution is 6.03. The molecule has 29 heavy (non-hydrogen) atoms. The zero-order chi connectivity index (χ0) is 21.1. The van der Waals surface area contributed by atoms with Gasteiger partial charge in [0.1, 0.15) is 0 Å². The van der Waals surface area contributed by atoms with Crippen LogP contribution >= 0.6 is 0 Å². The number of nitrogens with one attached hydrogen (secondary N) is 1. The minimum absolute atomic E-state index is 0.161. The van der Waals surface area contributed by atoms with Crippen molar-refractivity contribution in [1.82, 2.24) is 5.32 Å². The van der Waals surface area contributed by atoms with Crippen LogP contribution in [0, 0.1) is 21.4 Å². The number of hydrogen-bond donors (Lipinski definition) is 1. The van der Waals surface area contributed by atoms with Gasteiger partial charge in [-0.15, -0.1) is 0 Å². The first-order chi connectivity index (χ1) is 13.9. The molecule has 2 aromatic carbocycles. The molecule has 0 spiro atoms. The van der Waals surface area contributed by atoms with Gasteiger partial charge in [-0.1, -0.05) is 18.2 Å². The molecule has 1 atom stereocenters. The maximum absolute atomic E-state index is 12.9. The number of carbonyl (C=O) groups is 2. The Kier molecular flexibility index (Phi) is 5.27. The number of anilines is 1. The first-order valence-corrected chi connectivity index (χ1v) is 8.51. The number of methoxy groups -OCH3 is 1. The minimum atomic E-state index is -0.835. The lowest BCUT2D eigenvalue weighted by atomic mass is 9.93. The van der Waals surface area contributed by atoms with Crippen LogP contribution in [-0.4, -0.2) is 24.0 Å². The number of nitriles is 1. The van der Waals surface area contributed by atoms with Crippen molar-refractivity contribution >= 4 is 23.4 Å². The van der Waals surface area contributed by atoms with Crippen LogP contribution in [0.3, 0.4) is 0 Å². The Morgan fingerprint density at radius 2 is 2.00 bits per heavy atom. The van der Waals surface area contributed by atoms with Crippen LogP contribution in [0.1, 0.15) is 24.1 Å². The van der Waals surface area contributed by atoms with E-state index < -0.39 is 23.0 Å². The topological polar surface area (TPSA) is 126 Å². The molecule has 1 aliphatic rings. The summed E-state index contributed by atoms with van der Waals surface area (Å²) in [6.45, 7) is 1.56. The van der Waals surface area contributed by atoms with Gasteiger partial charge >= 0.3 is 12.0 Å². The summed E-state index contributed by atoms with van der Waals surface area (Å²) in [5, 5.41) is 23.0. The number of rotatable bonds is 4. The van der Waals surface area contributed by atoms with Crippen molar-refractivity contribution in [2.24, 2.45) is 0 Å². The van der Waals surface area contributed by atoms with Crippen LogP contribution in [0.5, 0.6) is 0 Å². The largest absolute Gasteiger partial charge is 0.466 e. The van der Waals surface area contributed by atoms with Crippen LogP contribution in [0.25, 0.3) is 0 Å². The molecule has 1 heterocycles. The van der Waals surface area contributed by atoms with Gasteiger partial charge in [-0.25, -0.2) is 9.59 Å². The van der Waals surface area contributed by atoms with E-state index in [2.05, 4.69) is 5.32 Å². The molecule has 0 aliphatic carbocycles. The number of esters is 1. The summed E-state index contributed by atoms with van der Waals surface area (Å²) >= 11 is 0. The SMILES string of the molecule is COC(=O)C1=C(C)N(c2cccc([N+](=O)[O-])c2)C(=O)N[C@@H]1c1cccc(C#N)c1. The van der Waals surface area contributed by atoms with Crippen molar-refractivity contribution in [1.29, 1.82) is 5.26 Å². The van der Waals surface area contributed by atoms with Crippen LogP contribution in [0.15, 0.2) is 59.8 Å². The molecule has 0 aromatic heterocycles. The number of nitrogens with zero attached hydrogens (tertiary/aromatic N) is 3. The Morgan fingerprint density at radius 3 is 2.66 bits per heavy atom. The minimum Gasteiger partial charge on any atom is -0.466 e. The number of carbonyl (C=O) groups excluding carboxylic acids is 2. The summed E-state index contributed by atoms with van der Waals surface area (Å²) in [4.78, 5) is 37.1. The monoisotopic (exact) mass is 392 g/mol. The van der Waals surface area contributed by atoms with E-state index in [9.17, 15) is 19.7 Å². The summed E-state index contributed by atoms with van der Waals surface area (Å²) in [5.41, 5.74) is 1.39. The number of hydrogen-bond acceptors (Lipinski definition) is 6. The van der Waals surface area contributed by atoms with Crippen molar-refractivity contribution in [2.45, 2.75) is 13.0 Å². The van der Waals surface area contributed by atoms with Crippen molar-refractivity contribution in [2.75, 3.05) is 12.0 Å². The number of allylic oxidation sites excluding steroid dienone is 1. The third-order valence-electron chi connectivity index (χ3n) is 4.54. The van der Waals surface area contributed by atoms with Gasteiger partial charge < -0.3 is 10.1 Å². The molecule has 1 N–H and O–H groups in total. The molecule has 2 amide bonds. The van der Waals surface area contributed by atoms with Gasteiger partial charge in [0.05, 0.1) is 41.0 Å². The lowest BCUT2D eigenvalue weighted by molar-refractivity contribution is -0.384. The molecule has 0 fully saturated rings. The smallest absolute Gasteiger partial charge is 0.337 e. The van der Waals surface area contributed by atoms with E-state index in [1.165, 1.54) is 36.3 Å². The number of urea groups is 1. The highest BCUT2D eigenvalue weighted by atomic mass is 16.6. The lowest BCUT2D eigenvalue weighted by Gasteiger charge is -2.35. The molecular weight excluding hydrogens is 376 g/mol. The van der Waals surface area contributed by atoms with Gasteiger partial charge in [-0.2, -0.15) is 5.26 Å². The fourth-order valence-corrected chi connectivity index (χ4v) is 3.21. The fourth-order valence-electron chi connectivity index (χ4n) is 3.21. The molecule has 1 aliphatic heterocycles. The van der Waals surface area contributed by atoms with E-state index in [4.69, 9.17) is 10.00 Å². The standard InChI is InChI=1S/C20H16N4O5/c1-12-17(19(25)29-2)18(14-6-3-5-13(9-14)11-21)22-20(26)23(12)15-7-4-8-16(10-15)24(27)28/h3-10,18H,1-2H3,(H,22,26)/t18-/m1/s1. The van der Waals surface area contributed by atoms with Crippen LogP contribution < -0.4 is 10.2 Å².